The number of unbranched alkanes of at least 4 members (excludes halogenated alkanes) is 1. The van der Waals surface area contributed by atoms with E-state index in [1.165, 1.54) is 11.1 Å². The number of nitrogens with zero attached hydrogens (tertiary/aromatic N) is 1. The number of amides is 2. The molecule has 1 atom stereocenters. The Morgan fingerprint density at radius 3 is 2.42 bits per heavy atom. The van der Waals surface area contributed by atoms with Gasteiger partial charge >= 0.3 is 0 Å². The molecule has 0 spiro atoms. The summed E-state index contributed by atoms with van der Waals surface area (Å²) in [5, 5.41) is 3.08. The first kappa shape index (κ1) is 28.0. The van der Waals surface area contributed by atoms with E-state index in [1.807, 2.05) is 66.7 Å². The molecule has 1 N–H and O–H groups in total. The number of halogens is 1. The minimum atomic E-state index is -0.588. The van der Waals surface area contributed by atoms with Gasteiger partial charge in [-0.05, 0) is 47.7 Å². The molecule has 2 amide bonds. The summed E-state index contributed by atoms with van der Waals surface area (Å²) in [4.78, 5) is 28.9. The van der Waals surface area contributed by atoms with E-state index >= 15 is 0 Å². The molecular weight excluding hydrogens is 532 g/mol. The number of carbonyl (C=O) groups excluding carboxylic acids is 2. The maximum absolute atomic E-state index is 13.7. The van der Waals surface area contributed by atoms with Crippen LogP contribution in [-0.4, -0.2) is 35.1 Å². The van der Waals surface area contributed by atoms with Crippen molar-refractivity contribution in [1.82, 2.24) is 10.2 Å². The Kier molecular flexibility index (Phi) is 11.6. The Morgan fingerprint density at radius 1 is 0.972 bits per heavy atom. The normalized spacial score (nSPS) is 11.6. The Bertz CT molecular complexity index is 1120. The number of rotatable bonds is 13. The molecular formula is C30H35BrN2O2S. The molecule has 0 fully saturated rings. The van der Waals surface area contributed by atoms with E-state index < -0.39 is 6.04 Å². The zero-order chi connectivity index (χ0) is 25.8. The molecule has 6 heteroatoms. The molecule has 0 saturated heterocycles. The molecule has 0 saturated carbocycles. The predicted octanol–water partition coefficient (Wildman–Crippen LogP) is 6.55. The summed E-state index contributed by atoms with van der Waals surface area (Å²) < 4.78 is 0.952. The second kappa shape index (κ2) is 14.9. The van der Waals surface area contributed by atoms with Crippen LogP contribution in [0.1, 0.15) is 42.0 Å². The van der Waals surface area contributed by atoms with Crippen molar-refractivity contribution in [2.75, 3.05) is 12.3 Å². The van der Waals surface area contributed by atoms with Crippen LogP contribution in [0, 0.1) is 6.92 Å². The molecule has 0 aliphatic heterocycles. The summed E-state index contributed by atoms with van der Waals surface area (Å²) in [6, 6.07) is 25.5. The van der Waals surface area contributed by atoms with Gasteiger partial charge in [0.05, 0.1) is 5.75 Å². The number of benzene rings is 3. The zero-order valence-corrected chi connectivity index (χ0v) is 23.5. The Morgan fingerprint density at radius 2 is 1.69 bits per heavy atom. The van der Waals surface area contributed by atoms with Crippen molar-refractivity contribution >= 4 is 39.5 Å². The Hall–Kier alpha value is -2.57. The van der Waals surface area contributed by atoms with E-state index in [9.17, 15) is 9.59 Å². The highest BCUT2D eigenvalue weighted by atomic mass is 79.9. The topological polar surface area (TPSA) is 49.4 Å². The van der Waals surface area contributed by atoms with E-state index in [2.05, 4.69) is 47.2 Å². The molecule has 3 aromatic rings. The lowest BCUT2D eigenvalue weighted by Gasteiger charge is -2.31. The fourth-order valence-corrected chi connectivity index (χ4v) is 5.43. The smallest absolute Gasteiger partial charge is 0.243 e. The minimum Gasteiger partial charge on any atom is -0.354 e. The molecule has 36 heavy (non-hydrogen) atoms. The number of hydrogen-bond donors (Lipinski definition) is 1. The molecule has 3 rings (SSSR count). The third-order valence-electron chi connectivity index (χ3n) is 6.09. The van der Waals surface area contributed by atoms with Crippen LogP contribution in [0.3, 0.4) is 0 Å². The number of aryl methyl sites for hydroxylation is 1. The standard InChI is InChI=1S/C30H35BrN2O2S/c1-3-4-17-32-30(35)28(19-24-12-6-5-7-13-24)33(20-25-14-10-16-27(31)18-25)29(34)22-36-21-26-15-9-8-11-23(26)2/h5-16,18,28H,3-4,17,19-22H2,1-2H3,(H,32,35)/t28-/m0/s1. The molecule has 0 aliphatic carbocycles. The molecule has 4 nitrogen and oxygen atoms in total. The minimum absolute atomic E-state index is 0.0277. The van der Waals surface area contributed by atoms with Crippen LogP contribution >= 0.6 is 27.7 Å². The Labute approximate surface area is 228 Å². The van der Waals surface area contributed by atoms with E-state index in [4.69, 9.17) is 0 Å². The van der Waals surface area contributed by atoms with Crippen LogP contribution in [0.2, 0.25) is 0 Å². The molecule has 0 aromatic heterocycles. The summed E-state index contributed by atoms with van der Waals surface area (Å²) in [7, 11) is 0. The largest absolute Gasteiger partial charge is 0.354 e. The maximum Gasteiger partial charge on any atom is 0.243 e. The van der Waals surface area contributed by atoms with Gasteiger partial charge in [0.2, 0.25) is 11.8 Å². The van der Waals surface area contributed by atoms with E-state index in [0.29, 0.717) is 25.3 Å². The van der Waals surface area contributed by atoms with Gasteiger partial charge in [-0.1, -0.05) is 96.0 Å². The van der Waals surface area contributed by atoms with Crippen LogP contribution in [-0.2, 0) is 28.3 Å². The highest BCUT2D eigenvalue weighted by Crippen LogP contribution is 2.21. The van der Waals surface area contributed by atoms with Crippen LogP contribution in [0.4, 0.5) is 0 Å². The van der Waals surface area contributed by atoms with Crippen LogP contribution in [0.5, 0.6) is 0 Å². The van der Waals surface area contributed by atoms with Crippen molar-refractivity contribution < 1.29 is 9.59 Å². The molecule has 0 aliphatic rings. The van der Waals surface area contributed by atoms with Crippen molar-refractivity contribution in [2.45, 2.75) is 51.4 Å². The third kappa shape index (κ3) is 8.82. The van der Waals surface area contributed by atoms with Gasteiger partial charge in [0.15, 0.2) is 0 Å². The van der Waals surface area contributed by atoms with Crippen LogP contribution in [0.15, 0.2) is 83.3 Å². The Balaban J connectivity index is 1.84. The summed E-state index contributed by atoms with van der Waals surface area (Å²) in [6.07, 6.45) is 2.39. The highest BCUT2D eigenvalue weighted by molar-refractivity contribution is 9.10. The molecule has 0 radical (unpaired) electrons. The summed E-state index contributed by atoms with van der Waals surface area (Å²) >= 11 is 5.13. The monoisotopic (exact) mass is 566 g/mol. The molecule has 0 bridgehead atoms. The summed E-state index contributed by atoms with van der Waals surface area (Å²) in [5.74, 6) is 0.949. The number of hydrogen-bond acceptors (Lipinski definition) is 3. The molecule has 190 valence electrons. The van der Waals surface area contributed by atoms with E-state index in [1.54, 1.807) is 16.7 Å². The SMILES string of the molecule is CCCCNC(=O)[C@H](Cc1ccccc1)N(Cc1cccc(Br)c1)C(=O)CSCc1ccccc1C. The van der Waals surface area contributed by atoms with Gasteiger partial charge in [-0.2, -0.15) is 0 Å². The summed E-state index contributed by atoms with van der Waals surface area (Å²) in [5.41, 5.74) is 4.47. The first-order valence-corrected chi connectivity index (χ1v) is 14.4. The second-order valence-corrected chi connectivity index (χ2v) is 10.8. The van der Waals surface area contributed by atoms with Gasteiger partial charge in [-0.25, -0.2) is 0 Å². The molecule has 3 aromatic carbocycles. The van der Waals surface area contributed by atoms with Gasteiger partial charge in [0.1, 0.15) is 6.04 Å². The second-order valence-electron chi connectivity index (χ2n) is 8.92. The maximum atomic E-state index is 13.7. The van der Waals surface area contributed by atoms with Gasteiger partial charge in [0, 0.05) is 29.7 Å². The molecule has 0 unspecified atom stereocenters. The van der Waals surface area contributed by atoms with Crippen LogP contribution < -0.4 is 5.32 Å². The number of carbonyl (C=O) groups is 2. The first-order chi connectivity index (χ1) is 17.5. The number of nitrogens with one attached hydrogen (secondary N) is 1. The lowest BCUT2D eigenvalue weighted by molar-refractivity contribution is -0.139. The van der Waals surface area contributed by atoms with Crippen molar-refractivity contribution in [2.24, 2.45) is 0 Å². The zero-order valence-electron chi connectivity index (χ0n) is 21.1. The highest BCUT2D eigenvalue weighted by Gasteiger charge is 2.30. The van der Waals surface area contributed by atoms with Crippen molar-refractivity contribution in [3.05, 3.63) is 106 Å². The van der Waals surface area contributed by atoms with Crippen molar-refractivity contribution in [1.29, 1.82) is 0 Å². The van der Waals surface area contributed by atoms with Crippen molar-refractivity contribution in [3.8, 4) is 0 Å². The van der Waals surface area contributed by atoms with E-state index in [0.717, 1.165) is 34.2 Å². The van der Waals surface area contributed by atoms with Crippen molar-refractivity contribution in [3.63, 3.8) is 0 Å². The van der Waals surface area contributed by atoms with Gasteiger partial charge < -0.3 is 10.2 Å². The lowest BCUT2D eigenvalue weighted by atomic mass is 10.0. The summed E-state index contributed by atoms with van der Waals surface area (Å²) in [6.45, 7) is 5.18. The third-order valence-corrected chi connectivity index (χ3v) is 7.55. The average molecular weight is 568 g/mol. The lowest BCUT2D eigenvalue weighted by Crippen LogP contribution is -2.51. The number of thioether (sulfide) groups is 1. The van der Waals surface area contributed by atoms with Gasteiger partial charge in [0.25, 0.3) is 0 Å². The quantitative estimate of drug-likeness (QED) is 0.239. The van der Waals surface area contributed by atoms with Gasteiger partial charge in [-0.3, -0.25) is 9.59 Å². The molecule has 0 heterocycles. The van der Waals surface area contributed by atoms with Crippen LogP contribution in [0.25, 0.3) is 0 Å². The van der Waals surface area contributed by atoms with E-state index in [-0.39, 0.29) is 11.8 Å². The first-order valence-electron chi connectivity index (χ1n) is 12.5. The van der Waals surface area contributed by atoms with Gasteiger partial charge in [-0.15, -0.1) is 11.8 Å². The fourth-order valence-electron chi connectivity index (χ4n) is 4.00. The average Bonchev–Trinajstić information content (AvgIpc) is 2.88. The predicted molar refractivity (Wildman–Crippen MR) is 154 cm³/mol. The fraction of sp³-hybridized carbons (Fsp3) is 0.333.